The summed E-state index contributed by atoms with van der Waals surface area (Å²) in [6.07, 6.45) is 7.12. The normalized spacial score (nSPS) is 13.8. The summed E-state index contributed by atoms with van der Waals surface area (Å²) in [5, 5.41) is 9.70. The van der Waals surface area contributed by atoms with Crippen LogP contribution in [0.15, 0.2) is 53.5 Å². The van der Waals surface area contributed by atoms with Gasteiger partial charge in [-0.15, -0.1) is 0 Å². The monoisotopic (exact) mass is 354 g/mol. The number of H-pyrrole nitrogens is 1. The van der Waals surface area contributed by atoms with E-state index in [0.717, 1.165) is 37.6 Å². The first-order valence-electron chi connectivity index (χ1n) is 8.28. The van der Waals surface area contributed by atoms with Crippen molar-refractivity contribution in [2.75, 3.05) is 6.54 Å². The molecular formula is C19H22N4O3. The Morgan fingerprint density at radius 1 is 1.08 bits per heavy atom. The molecule has 1 fully saturated rings. The Labute approximate surface area is 151 Å². The minimum Gasteiger partial charge on any atom is -0.456 e. The molecule has 0 saturated carbocycles. The highest BCUT2D eigenvalue weighted by atomic mass is 16.5. The molecule has 1 saturated heterocycles. The van der Waals surface area contributed by atoms with Crippen LogP contribution in [0.25, 0.3) is 5.70 Å². The van der Waals surface area contributed by atoms with Crippen LogP contribution in [0.5, 0.6) is 11.5 Å². The number of piperidine rings is 1. The molecule has 0 atom stereocenters. The summed E-state index contributed by atoms with van der Waals surface area (Å²) in [4.78, 5) is 23.8. The number of amides is 1. The van der Waals surface area contributed by atoms with Gasteiger partial charge in [0.2, 0.25) is 11.5 Å². The first kappa shape index (κ1) is 19.0. The molecule has 0 aliphatic carbocycles. The van der Waals surface area contributed by atoms with Gasteiger partial charge in [0.25, 0.3) is 0 Å². The molecule has 1 aromatic carbocycles. The summed E-state index contributed by atoms with van der Waals surface area (Å²) in [7, 11) is 0. The molecular weight excluding hydrogens is 332 g/mol. The number of nitrogens with two attached hydrogens (primary N) is 1. The summed E-state index contributed by atoms with van der Waals surface area (Å²) in [6, 6.07) is 10.1. The molecule has 2 aromatic rings. The molecule has 0 unspecified atom stereocenters. The first-order valence-corrected chi connectivity index (χ1v) is 8.28. The van der Waals surface area contributed by atoms with Gasteiger partial charge in [-0.1, -0.05) is 0 Å². The number of hydrogen-bond acceptors (Lipinski definition) is 5. The fourth-order valence-electron chi connectivity index (χ4n) is 2.22. The van der Waals surface area contributed by atoms with E-state index >= 15 is 0 Å². The molecule has 2 heterocycles. The van der Waals surface area contributed by atoms with Crippen LogP contribution < -0.4 is 21.3 Å². The summed E-state index contributed by atoms with van der Waals surface area (Å²) < 4.78 is 5.55. The lowest BCUT2D eigenvalue weighted by atomic mass is 10.1. The lowest BCUT2D eigenvalue weighted by molar-refractivity contribution is -0.122. The van der Waals surface area contributed by atoms with Gasteiger partial charge in [-0.3, -0.25) is 9.59 Å². The molecule has 0 spiro atoms. The van der Waals surface area contributed by atoms with Crippen molar-refractivity contribution in [1.82, 2.24) is 10.3 Å². The quantitative estimate of drug-likeness (QED) is 0.630. The van der Waals surface area contributed by atoms with Crippen LogP contribution in [0.4, 0.5) is 0 Å². The third-order valence-corrected chi connectivity index (χ3v) is 3.59. The van der Waals surface area contributed by atoms with Crippen molar-refractivity contribution in [3.8, 4) is 11.5 Å². The van der Waals surface area contributed by atoms with Crippen LogP contribution in [0.2, 0.25) is 0 Å². The van der Waals surface area contributed by atoms with Crippen molar-refractivity contribution in [3.05, 3.63) is 64.6 Å². The molecule has 0 radical (unpaired) electrons. The van der Waals surface area contributed by atoms with E-state index in [0.29, 0.717) is 17.2 Å². The molecule has 3 rings (SSSR count). The lowest BCUT2D eigenvalue weighted by Gasteiger charge is -2.08. The Balaban J connectivity index is 0.000000290. The van der Waals surface area contributed by atoms with Crippen molar-refractivity contribution in [1.29, 1.82) is 5.41 Å². The van der Waals surface area contributed by atoms with E-state index in [2.05, 4.69) is 10.3 Å². The van der Waals surface area contributed by atoms with E-state index in [-0.39, 0.29) is 11.5 Å². The maximum Gasteiger partial charge on any atom is 0.248 e. The average molecular weight is 354 g/mol. The second kappa shape index (κ2) is 9.83. The second-order valence-corrected chi connectivity index (χ2v) is 5.61. The first-order chi connectivity index (χ1) is 12.6. The molecule has 5 N–H and O–H groups in total. The summed E-state index contributed by atoms with van der Waals surface area (Å²) in [5.41, 5.74) is 6.92. The standard InChI is InChI=1S/C14H13N3O2.C5H9NO/c15-8-7-13(16)10-1-3-11(4-2-10)19-12-5-6-14(18)17-9-12;7-5-3-1-2-4-6-5/h1-9,15H,16H2,(H,17,18);1-4H2,(H,6,7)/b13-7-,15-8?;. The summed E-state index contributed by atoms with van der Waals surface area (Å²) >= 11 is 0. The minimum absolute atomic E-state index is 0.174. The Bertz CT molecular complexity index is 797. The number of rotatable bonds is 4. The van der Waals surface area contributed by atoms with Crippen molar-refractivity contribution in [3.63, 3.8) is 0 Å². The van der Waals surface area contributed by atoms with Gasteiger partial charge in [-0.2, -0.15) is 0 Å². The van der Waals surface area contributed by atoms with Gasteiger partial charge in [0, 0.05) is 37.1 Å². The Hall–Kier alpha value is -3.35. The van der Waals surface area contributed by atoms with Crippen LogP contribution in [0.1, 0.15) is 24.8 Å². The van der Waals surface area contributed by atoms with E-state index in [1.165, 1.54) is 18.3 Å². The largest absolute Gasteiger partial charge is 0.456 e. The third kappa shape index (κ3) is 6.27. The zero-order valence-corrected chi connectivity index (χ0v) is 14.3. The number of carbonyl (C=O) groups is 1. The van der Waals surface area contributed by atoms with Crippen LogP contribution in [0, 0.1) is 5.41 Å². The SMILES string of the molecule is N=C/C=C(\N)c1ccc(Oc2ccc(=O)[nH]c2)cc1.O=C1CCCCN1. The van der Waals surface area contributed by atoms with Crippen LogP contribution >= 0.6 is 0 Å². The van der Waals surface area contributed by atoms with E-state index in [9.17, 15) is 9.59 Å². The molecule has 1 aliphatic rings. The topological polar surface area (TPSA) is 121 Å². The Kier molecular flexibility index (Phi) is 7.17. The zero-order valence-electron chi connectivity index (χ0n) is 14.3. The third-order valence-electron chi connectivity index (χ3n) is 3.59. The van der Waals surface area contributed by atoms with Crippen molar-refractivity contribution >= 4 is 17.8 Å². The molecule has 7 heteroatoms. The van der Waals surface area contributed by atoms with Crippen LogP contribution in [-0.4, -0.2) is 23.7 Å². The molecule has 26 heavy (non-hydrogen) atoms. The maximum atomic E-state index is 10.9. The number of aromatic nitrogens is 1. The summed E-state index contributed by atoms with van der Waals surface area (Å²) in [6.45, 7) is 0.888. The predicted molar refractivity (Wildman–Crippen MR) is 101 cm³/mol. The molecule has 136 valence electrons. The van der Waals surface area contributed by atoms with Gasteiger partial charge in [0.1, 0.15) is 11.5 Å². The molecule has 1 amide bonds. The zero-order chi connectivity index (χ0) is 18.8. The van der Waals surface area contributed by atoms with E-state index in [1.807, 2.05) is 0 Å². The Morgan fingerprint density at radius 2 is 1.81 bits per heavy atom. The number of carbonyl (C=O) groups excluding carboxylic acids is 1. The van der Waals surface area contributed by atoms with Gasteiger partial charge >= 0.3 is 0 Å². The molecule has 7 nitrogen and oxygen atoms in total. The number of aromatic amines is 1. The second-order valence-electron chi connectivity index (χ2n) is 5.61. The number of allylic oxidation sites excluding steroid dienone is 1. The van der Waals surface area contributed by atoms with E-state index in [4.69, 9.17) is 15.9 Å². The Morgan fingerprint density at radius 3 is 2.31 bits per heavy atom. The maximum absolute atomic E-state index is 10.9. The minimum atomic E-state index is -0.174. The molecule has 0 bridgehead atoms. The number of nitrogens with one attached hydrogen (secondary N) is 3. The van der Waals surface area contributed by atoms with Crippen molar-refractivity contribution in [2.45, 2.75) is 19.3 Å². The van der Waals surface area contributed by atoms with Gasteiger partial charge < -0.3 is 26.2 Å². The highest BCUT2D eigenvalue weighted by Crippen LogP contribution is 2.21. The number of hydrogen-bond donors (Lipinski definition) is 4. The van der Waals surface area contributed by atoms with E-state index < -0.39 is 0 Å². The fraction of sp³-hybridized carbons (Fsp3) is 0.211. The highest BCUT2D eigenvalue weighted by Gasteiger charge is 2.04. The van der Waals surface area contributed by atoms with E-state index in [1.54, 1.807) is 30.3 Å². The fourth-order valence-corrected chi connectivity index (χ4v) is 2.22. The van der Waals surface area contributed by atoms with Crippen LogP contribution in [-0.2, 0) is 4.79 Å². The number of benzene rings is 1. The van der Waals surface area contributed by atoms with Crippen LogP contribution in [0.3, 0.4) is 0 Å². The number of ether oxygens (including phenoxy) is 1. The van der Waals surface area contributed by atoms with Gasteiger partial charge in [-0.25, -0.2) is 0 Å². The average Bonchev–Trinajstić information content (AvgIpc) is 2.66. The van der Waals surface area contributed by atoms with Gasteiger partial charge in [-0.05, 0) is 54.8 Å². The van der Waals surface area contributed by atoms with Gasteiger partial charge in [0.15, 0.2) is 0 Å². The van der Waals surface area contributed by atoms with Crippen molar-refractivity contribution in [2.24, 2.45) is 5.73 Å². The predicted octanol–water partition coefficient (Wildman–Crippen LogP) is 2.40. The molecule has 1 aromatic heterocycles. The summed E-state index contributed by atoms with van der Waals surface area (Å²) in [5.74, 6) is 1.40. The highest BCUT2D eigenvalue weighted by molar-refractivity contribution is 5.81. The molecule has 1 aliphatic heterocycles. The smallest absolute Gasteiger partial charge is 0.248 e. The number of pyridine rings is 1. The van der Waals surface area contributed by atoms with Gasteiger partial charge in [0.05, 0.1) is 0 Å². The lowest BCUT2D eigenvalue weighted by Crippen LogP contribution is -2.28. The van der Waals surface area contributed by atoms with Crippen molar-refractivity contribution < 1.29 is 9.53 Å².